The highest BCUT2D eigenvalue weighted by molar-refractivity contribution is 6.31. The second-order valence-electron chi connectivity index (χ2n) is 9.85. The van der Waals surface area contributed by atoms with Gasteiger partial charge in [-0.3, -0.25) is 9.59 Å². The van der Waals surface area contributed by atoms with Gasteiger partial charge in [0, 0.05) is 49.6 Å². The molecule has 0 aromatic heterocycles. The molecule has 0 aliphatic carbocycles. The Morgan fingerprint density at radius 2 is 1.76 bits per heavy atom. The van der Waals surface area contributed by atoms with Crippen molar-refractivity contribution in [2.75, 3.05) is 51.3 Å². The molecule has 0 atom stereocenters. The summed E-state index contributed by atoms with van der Waals surface area (Å²) in [5.74, 6) is -1.09. The summed E-state index contributed by atoms with van der Waals surface area (Å²) in [6, 6.07) is 8.57. The molecule has 0 bridgehead atoms. The van der Waals surface area contributed by atoms with Crippen molar-refractivity contribution in [3.05, 3.63) is 64.2 Å². The third-order valence-corrected chi connectivity index (χ3v) is 6.74. The van der Waals surface area contributed by atoms with Crippen molar-refractivity contribution in [2.45, 2.75) is 39.7 Å². The van der Waals surface area contributed by atoms with E-state index in [4.69, 9.17) is 16.3 Å². The Balaban J connectivity index is 1.97. The summed E-state index contributed by atoms with van der Waals surface area (Å²) < 4.78 is 33.9. The van der Waals surface area contributed by atoms with Crippen LogP contribution in [0.4, 0.5) is 14.5 Å². The molecule has 0 unspecified atom stereocenters. The Bertz CT molecular complexity index is 1060. The minimum Gasteiger partial charge on any atom is -0.375 e. The van der Waals surface area contributed by atoms with Crippen LogP contribution in [0.5, 0.6) is 0 Å². The van der Waals surface area contributed by atoms with Crippen LogP contribution in [0.3, 0.4) is 0 Å². The summed E-state index contributed by atoms with van der Waals surface area (Å²) in [7, 11) is 1.46. The third-order valence-electron chi connectivity index (χ3n) is 6.39. The van der Waals surface area contributed by atoms with E-state index in [1.807, 2.05) is 0 Å². The Morgan fingerprint density at radius 1 is 1.03 bits per heavy atom. The van der Waals surface area contributed by atoms with Crippen molar-refractivity contribution < 1.29 is 23.1 Å². The molecule has 1 aliphatic rings. The van der Waals surface area contributed by atoms with Gasteiger partial charge in [0.2, 0.25) is 5.91 Å². The summed E-state index contributed by atoms with van der Waals surface area (Å²) in [5.41, 5.74) is 1.19. The first-order valence-electron chi connectivity index (χ1n) is 12.7. The van der Waals surface area contributed by atoms with Crippen molar-refractivity contribution in [3.63, 3.8) is 0 Å². The number of anilines is 1. The summed E-state index contributed by atoms with van der Waals surface area (Å²) in [4.78, 5) is 32.0. The molecule has 1 aliphatic heterocycles. The predicted molar refractivity (Wildman–Crippen MR) is 142 cm³/mol. The number of methoxy groups -OCH3 is 1. The predicted octanol–water partition coefficient (Wildman–Crippen LogP) is 4.92. The van der Waals surface area contributed by atoms with Crippen LogP contribution in [0.15, 0.2) is 36.4 Å². The zero-order chi connectivity index (χ0) is 26.9. The highest BCUT2D eigenvalue weighted by Gasteiger charge is 2.24. The van der Waals surface area contributed by atoms with Crippen LogP contribution in [0.1, 0.15) is 37.8 Å². The number of halogens is 3. The highest BCUT2D eigenvalue weighted by Crippen LogP contribution is 2.26. The van der Waals surface area contributed by atoms with E-state index in [1.54, 1.807) is 21.9 Å². The number of hydrogen-bond donors (Lipinski definition) is 0. The molecule has 0 N–H and O–H groups in total. The molecule has 0 fully saturated rings. The lowest BCUT2D eigenvalue weighted by Gasteiger charge is -2.32. The van der Waals surface area contributed by atoms with Crippen LogP contribution >= 0.6 is 11.6 Å². The van der Waals surface area contributed by atoms with Crippen LogP contribution in [0.25, 0.3) is 0 Å². The molecule has 0 spiro atoms. The molecule has 0 radical (unpaired) electrons. The normalized spacial score (nSPS) is 15.8. The Labute approximate surface area is 223 Å². The van der Waals surface area contributed by atoms with Crippen LogP contribution < -0.4 is 4.90 Å². The Hall–Kier alpha value is -2.55. The van der Waals surface area contributed by atoms with Gasteiger partial charge in [-0.25, -0.2) is 8.78 Å². The smallest absolute Gasteiger partial charge is 0.252 e. The van der Waals surface area contributed by atoms with Crippen molar-refractivity contribution in [2.24, 2.45) is 5.92 Å². The van der Waals surface area contributed by atoms with Crippen molar-refractivity contribution in [3.8, 4) is 0 Å². The average Bonchev–Trinajstić information content (AvgIpc) is 2.83. The van der Waals surface area contributed by atoms with E-state index in [2.05, 4.69) is 18.7 Å². The van der Waals surface area contributed by atoms with Crippen LogP contribution in [-0.4, -0.2) is 68.1 Å². The lowest BCUT2D eigenvalue weighted by atomic mass is 10.1. The first-order valence-corrected chi connectivity index (χ1v) is 13.1. The van der Waals surface area contributed by atoms with E-state index >= 15 is 0 Å². The third kappa shape index (κ3) is 8.22. The maximum absolute atomic E-state index is 14.5. The van der Waals surface area contributed by atoms with Gasteiger partial charge >= 0.3 is 0 Å². The van der Waals surface area contributed by atoms with E-state index in [0.717, 1.165) is 26.1 Å². The van der Waals surface area contributed by atoms with Gasteiger partial charge in [-0.2, -0.15) is 0 Å². The van der Waals surface area contributed by atoms with Gasteiger partial charge in [-0.1, -0.05) is 31.5 Å². The minimum absolute atomic E-state index is 0.0823. The van der Waals surface area contributed by atoms with E-state index in [1.165, 1.54) is 31.4 Å². The average molecular weight is 536 g/mol. The lowest BCUT2D eigenvalue weighted by molar-refractivity contribution is -0.131. The number of carbonyl (C=O) groups excluding carboxylic acids is 2. The van der Waals surface area contributed by atoms with Gasteiger partial charge in [0.1, 0.15) is 18.2 Å². The number of fused-ring (bicyclic) bond motifs is 1. The fourth-order valence-electron chi connectivity index (χ4n) is 4.74. The quantitative estimate of drug-likeness (QED) is 0.527. The SMILES string of the molecule is COCC(=O)N1CCCN(CC(C)C)CCCN(C(=O)Cc2c(F)cccc2Cl)Cc2cc(F)ccc21. The molecule has 0 saturated carbocycles. The van der Waals surface area contributed by atoms with Crippen molar-refractivity contribution in [1.82, 2.24) is 9.80 Å². The highest BCUT2D eigenvalue weighted by atomic mass is 35.5. The topological polar surface area (TPSA) is 53.1 Å². The van der Waals surface area contributed by atoms with Gasteiger partial charge in [-0.05, 0) is 67.7 Å². The van der Waals surface area contributed by atoms with Crippen LogP contribution in [0.2, 0.25) is 5.02 Å². The molecule has 6 nitrogen and oxygen atoms in total. The zero-order valence-corrected chi connectivity index (χ0v) is 22.6. The number of nitrogens with zero attached hydrogens (tertiary/aromatic N) is 3. The van der Waals surface area contributed by atoms with E-state index in [0.29, 0.717) is 36.7 Å². The minimum atomic E-state index is -0.541. The molecule has 0 saturated heterocycles. The first kappa shape index (κ1) is 29.0. The maximum Gasteiger partial charge on any atom is 0.252 e. The van der Waals surface area contributed by atoms with Crippen molar-refractivity contribution in [1.29, 1.82) is 0 Å². The van der Waals surface area contributed by atoms with Crippen LogP contribution in [0, 0.1) is 17.6 Å². The summed E-state index contributed by atoms with van der Waals surface area (Å²) in [6.07, 6.45) is 1.24. The fourth-order valence-corrected chi connectivity index (χ4v) is 4.96. The van der Waals surface area contributed by atoms with Gasteiger partial charge in [0.25, 0.3) is 5.91 Å². The molecule has 3 rings (SSSR count). The van der Waals surface area contributed by atoms with Crippen LogP contribution in [-0.2, 0) is 27.3 Å². The number of hydrogen-bond acceptors (Lipinski definition) is 4. The molecule has 37 heavy (non-hydrogen) atoms. The second-order valence-corrected chi connectivity index (χ2v) is 10.3. The first-order chi connectivity index (χ1) is 17.7. The maximum atomic E-state index is 14.5. The standard InChI is InChI=1S/C28H36ClF2N3O3/c1-20(2)17-32-11-5-13-33(27(35)16-23-24(29)7-4-8-25(23)31)18-21-15-22(30)9-10-26(21)34(14-6-12-32)28(36)19-37-3/h4,7-10,15,20H,5-6,11-14,16-19H2,1-3H3. The van der Waals surface area contributed by atoms with Gasteiger partial charge in [0.05, 0.1) is 6.42 Å². The molecule has 9 heteroatoms. The Kier molecular flexibility index (Phi) is 10.9. The van der Waals surface area contributed by atoms with Crippen molar-refractivity contribution >= 4 is 29.1 Å². The molecule has 1 heterocycles. The van der Waals surface area contributed by atoms with E-state index in [-0.39, 0.29) is 42.0 Å². The fraction of sp³-hybridized carbons (Fsp3) is 0.500. The molecular weight excluding hydrogens is 500 g/mol. The number of amides is 2. The van der Waals surface area contributed by atoms with Gasteiger partial charge in [0.15, 0.2) is 0 Å². The van der Waals surface area contributed by atoms with E-state index < -0.39 is 11.6 Å². The van der Waals surface area contributed by atoms with Gasteiger partial charge in [-0.15, -0.1) is 0 Å². The zero-order valence-electron chi connectivity index (χ0n) is 21.8. The Morgan fingerprint density at radius 3 is 2.43 bits per heavy atom. The summed E-state index contributed by atoms with van der Waals surface area (Å²) in [6.45, 7) is 7.57. The van der Waals surface area contributed by atoms with Gasteiger partial charge < -0.3 is 19.4 Å². The molecule has 2 aromatic carbocycles. The molecule has 2 aromatic rings. The molecule has 2 amide bonds. The summed E-state index contributed by atoms with van der Waals surface area (Å²) in [5, 5.41) is 0.189. The molecular formula is C28H36ClF2N3O3. The monoisotopic (exact) mass is 535 g/mol. The number of ether oxygens (including phenoxy) is 1. The number of rotatable bonds is 6. The number of benzene rings is 2. The summed E-state index contributed by atoms with van der Waals surface area (Å²) >= 11 is 6.19. The number of carbonyl (C=O) groups is 2. The molecule has 202 valence electrons. The van der Waals surface area contributed by atoms with E-state index in [9.17, 15) is 18.4 Å². The second kappa shape index (κ2) is 13.8. The largest absolute Gasteiger partial charge is 0.375 e. The lowest BCUT2D eigenvalue weighted by Crippen LogP contribution is -2.41.